The average Bonchev–Trinajstić information content (AvgIpc) is 3.10. The topological polar surface area (TPSA) is 48.1 Å². The number of carbonyl (C=O) groups excluding carboxylic acids is 1. The van der Waals surface area contributed by atoms with Crippen molar-refractivity contribution in [1.82, 2.24) is 15.2 Å². The van der Waals surface area contributed by atoms with Crippen LogP contribution in [0.15, 0.2) is 30.5 Å². The second-order valence-corrected chi connectivity index (χ2v) is 6.44. The summed E-state index contributed by atoms with van der Waals surface area (Å²) in [5.74, 6) is 0.891. The Bertz CT molecular complexity index is 634. The van der Waals surface area contributed by atoms with Crippen molar-refractivity contribution in [3.63, 3.8) is 0 Å². The van der Waals surface area contributed by atoms with E-state index in [-0.39, 0.29) is 5.91 Å². The number of aryl methyl sites for hydroxylation is 1. The highest BCUT2D eigenvalue weighted by Crippen LogP contribution is 2.18. The molecule has 0 aliphatic carbocycles. The zero-order valence-electron chi connectivity index (χ0n) is 13.3. The first-order valence-corrected chi connectivity index (χ1v) is 8.26. The van der Waals surface area contributed by atoms with Gasteiger partial charge >= 0.3 is 0 Å². The van der Waals surface area contributed by atoms with Gasteiger partial charge in [-0.25, -0.2) is 0 Å². The maximum absolute atomic E-state index is 11.9. The zero-order chi connectivity index (χ0) is 15.4. The predicted octanol–water partition coefficient (Wildman–Crippen LogP) is 2.56. The Hall–Kier alpha value is -1.81. The summed E-state index contributed by atoms with van der Waals surface area (Å²) in [4.78, 5) is 17.5. The van der Waals surface area contributed by atoms with Crippen LogP contribution in [0.5, 0.6) is 0 Å². The van der Waals surface area contributed by atoms with Crippen molar-refractivity contribution in [1.29, 1.82) is 0 Å². The largest absolute Gasteiger partial charge is 0.361 e. The average molecular weight is 299 g/mol. The van der Waals surface area contributed by atoms with E-state index in [2.05, 4.69) is 46.5 Å². The lowest BCUT2D eigenvalue weighted by Crippen LogP contribution is -2.36. The van der Waals surface area contributed by atoms with Gasteiger partial charge in [-0.3, -0.25) is 9.69 Å². The minimum absolute atomic E-state index is 0.160. The van der Waals surface area contributed by atoms with Crippen LogP contribution in [-0.4, -0.2) is 42.0 Å². The first-order valence-electron chi connectivity index (χ1n) is 8.26. The lowest BCUT2D eigenvalue weighted by molar-refractivity contribution is -0.122. The normalized spacial score (nSPS) is 18.9. The number of H-pyrrole nitrogens is 1. The summed E-state index contributed by atoms with van der Waals surface area (Å²) in [6, 6.07) is 8.35. The summed E-state index contributed by atoms with van der Waals surface area (Å²) in [5, 5.41) is 4.34. The second-order valence-electron chi connectivity index (χ2n) is 6.44. The molecular weight excluding hydrogens is 274 g/mol. The Balaban J connectivity index is 1.39. The van der Waals surface area contributed by atoms with Gasteiger partial charge in [-0.05, 0) is 43.4 Å². The van der Waals surface area contributed by atoms with Crippen molar-refractivity contribution >= 4 is 16.8 Å². The minimum atomic E-state index is 0.160. The molecule has 0 saturated carbocycles. The molecule has 4 heteroatoms. The van der Waals surface area contributed by atoms with E-state index in [0.717, 1.165) is 38.4 Å². The highest BCUT2D eigenvalue weighted by atomic mass is 16.2. The number of nitrogens with one attached hydrogen (secondary N) is 2. The number of nitrogens with zero attached hydrogens (tertiary/aromatic N) is 1. The van der Waals surface area contributed by atoms with Crippen LogP contribution in [0.1, 0.15) is 25.3 Å². The molecule has 1 aliphatic heterocycles. The molecular formula is C18H25N3O. The Labute approximate surface area is 131 Å². The summed E-state index contributed by atoms with van der Waals surface area (Å²) >= 11 is 0. The number of amides is 1. The van der Waals surface area contributed by atoms with Gasteiger partial charge in [0.15, 0.2) is 0 Å². The van der Waals surface area contributed by atoms with E-state index in [4.69, 9.17) is 0 Å². The van der Waals surface area contributed by atoms with Gasteiger partial charge in [0, 0.05) is 30.2 Å². The summed E-state index contributed by atoms with van der Waals surface area (Å²) in [5.41, 5.74) is 2.52. The first-order chi connectivity index (χ1) is 10.7. The monoisotopic (exact) mass is 299 g/mol. The third-order valence-electron chi connectivity index (χ3n) is 4.50. The van der Waals surface area contributed by atoms with Crippen LogP contribution in [0.4, 0.5) is 0 Å². The van der Waals surface area contributed by atoms with E-state index in [9.17, 15) is 4.79 Å². The number of aromatic nitrogens is 1. The van der Waals surface area contributed by atoms with Crippen molar-refractivity contribution in [2.75, 3.05) is 26.2 Å². The number of likely N-dealkylation sites (tertiary alicyclic amines) is 1. The smallest absolute Gasteiger partial charge is 0.234 e. The predicted molar refractivity (Wildman–Crippen MR) is 89.9 cm³/mol. The number of para-hydroxylation sites is 1. The van der Waals surface area contributed by atoms with E-state index >= 15 is 0 Å². The number of hydrogen-bond donors (Lipinski definition) is 2. The lowest BCUT2D eigenvalue weighted by atomic mass is 10.1. The number of hydrogen-bond acceptors (Lipinski definition) is 2. The molecule has 1 atom stereocenters. The molecule has 0 radical (unpaired) electrons. The van der Waals surface area contributed by atoms with Gasteiger partial charge in [-0.1, -0.05) is 25.1 Å². The number of carbonyl (C=O) groups is 1. The van der Waals surface area contributed by atoms with Crippen LogP contribution >= 0.6 is 0 Å². The van der Waals surface area contributed by atoms with Crippen molar-refractivity contribution in [3.05, 3.63) is 36.0 Å². The highest BCUT2D eigenvalue weighted by molar-refractivity contribution is 5.83. The molecule has 1 amide bonds. The van der Waals surface area contributed by atoms with Crippen LogP contribution < -0.4 is 5.32 Å². The third kappa shape index (κ3) is 3.69. The van der Waals surface area contributed by atoms with Crippen molar-refractivity contribution in [2.45, 2.75) is 26.2 Å². The number of aromatic amines is 1. The Morgan fingerprint density at radius 3 is 3.09 bits per heavy atom. The van der Waals surface area contributed by atoms with Crippen LogP contribution in [0, 0.1) is 5.92 Å². The fourth-order valence-corrected chi connectivity index (χ4v) is 3.27. The fourth-order valence-electron chi connectivity index (χ4n) is 3.27. The molecule has 1 saturated heterocycles. The highest BCUT2D eigenvalue weighted by Gasteiger charge is 2.20. The SMILES string of the molecule is CC1CCN(CC(=O)NCCCc2c[nH]c3ccccc23)C1. The molecule has 118 valence electrons. The van der Waals surface area contributed by atoms with E-state index in [0.29, 0.717) is 6.54 Å². The molecule has 0 bridgehead atoms. The molecule has 3 rings (SSSR count). The molecule has 1 aromatic carbocycles. The molecule has 1 fully saturated rings. The quantitative estimate of drug-likeness (QED) is 0.805. The molecule has 0 spiro atoms. The van der Waals surface area contributed by atoms with E-state index in [1.807, 2.05) is 6.07 Å². The summed E-state index contributed by atoms with van der Waals surface area (Å²) in [6.45, 7) is 5.67. The minimum Gasteiger partial charge on any atom is -0.361 e. The van der Waals surface area contributed by atoms with Gasteiger partial charge in [0.1, 0.15) is 0 Å². The summed E-state index contributed by atoms with van der Waals surface area (Å²) in [7, 11) is 0. The van der Waals surface area contributed by atoms with E-state index < -0.39 is 0 Å². The van der Waals surface area contributed by atoms with Gasteiger partial charge < -0.3 is 10.3 Å². The molecule has 1 aromatic heterocycles. The van der Waals surface area contributed by atoms with Crippen LogP contribution in [0.2, 0.25) is 0 Å². The van der Waals surface area contributed by atoms with E-state index in [1.54, 1.807) is 0 Å². The summed E-state index contributed by atoms with van der Waals surface area (Å²) < 4.78 is 0. The second kappa shape index (κ2) is 6.97. The lowest BCUT2D eigenvalue weighted by Gasteiger charge is -2.14. The Morgan fingerprint density at radius 2 is 2.27 bits per heavy atom. The van der Waals surface area contributed by atoms with Crippen LogP contribution in [0.3, 0.4) is 0 Å². The molecule has 22 heavy (non-hydrogen) atoms. The van der Waals surface area contributed by atoms with Crippen molar-refractivity contribution in [2.24, 2.45) is 5.92 Å². The molecule has 4 nitrogen and oxygen atoms in total. The fraction of sp³-hybridized carbons (Fsp3) is 0.500. The zero-order valence-corrected chi connectivity index (χ0v) is 13.3. The van der Waals surface area contributed by atoms with Crippen LogP contribution in [-0.2, 0) is 11.2 Å². The third-order valence-corrected chi connectivity index (χ3v) is 4.50. The van der Waals surface area contributed by atoms with Crippen LogP contribution in [0.25, 0.3) is 10.9 Å². The van der Waals surface area contributed by atoms with Gasteiger partial charge in [0.2, 0.25) is 5.91 Å². The summed E-state index contributed by atoms with van der Waals surface area (Å²) in [6.07, 6.45) is 5.26. The van der Waals surface area contributed by atoms with Gasteiger partial charge in [-0.15, -0.1) is 0 Å². The molecule has 1 unspecified atom stereocenters. The van der Waals surface area contributed by atoms with Gasteiger partial charge in [-0.2, -0.15) is 0 Å². The maximum Gasteiger partial charge on any atom is 0.234 e. The van der Waals surface area contributed by atoms with Crippen molar-refractivity contribution < 1.29 is 4.79 Å². The molecule has 2 heterocycles. The first kappa shape index (κ1) is 15.1. The van der Waals surface area contributed by atoms with Gasteiger partial charge in [0.25, 0.3) is 0 Å². The number of benzene rings is 1. The number of fused-ring (bicyclic) bond motifs is 1. The molecule has 2 N–H and O–H groups in total. The Morgan fingerprint density at radius 1 is 1.41 bits per heavy atom. The molecule has 2 aromatic rings. The number of rotatable bonds is 6. The Kier molecular flexibility index (Phi) is 4.78. The molecule has 1 aliphatic rings. The van der Waals surface area contributed by atoms with Crippen molar-refractivity contribution in [3.8, 4) is 0 Å². The van der Waals surface area contributed by atoms with Gasteiger partial charge in [0.05, 0.1) is 6.54 Å². The maximum atomic E-state index is 11.9. The standard InChI is InChI=1S/C18H25N3O/c1-14-8-10-21(12-14)13-18(22)19-9-4-5-15-11-20-17-7-3-2-6-16(15)17/h2-3,6-7,11,14,20H,4-5,8-10,12-13H2,1H3,(H,19,22). The van der Waals surface area contributed by atoms with E-state index in [1.165, 1.54) is 22.9 Å².